The number of aromatic nitrogens is 2. The van der Waals surface area contributed by atoms with Gasteiger partial charge in [0.15, 0.2) is 0 Å². The van der Waals surface area contributed by atoms with E-state index in [0.717, 1.165) is 11.4 Å². The number of hydrogen-bond donors (Lipinski definition) is 1. The van der Waals surface area contributed by atoms with Crippen LogP contribution in [0.25, 0.3) is 6.08 Å². The molecular formula is C6H5N3O. The van der Waals surface area contributed by atoms with Crippen molar-refractivity contribution in [3.05, 3.63) is 24.2 Å². The maximum atomic E-state index is 4.80. The minimum absolute atomic E-state index is 0.800. The van der Waals surface area contributed by atoms with Gasteiger partial charge in [-0.3, -0.25) is 0 Å². The standard InChI is InChI=1S/C6H5N3O/c1-3-7-8-5-2-4-10-9-6(1)5/h1-4,9H. The van der Waals surface area contributed by atoms with Gasteiger partial charge in [-0.25, -0.2) is 5.48 Å². The van der Waals surface area contributed by atoms with Crippen LogP contribution < -0.4 is 5.48 Å². The summed E-state index contributed by atoms with van der Waals surface area (Å²) < 4.78 is 0. The van der Waals surface area contributed by atoms with Crippen LogP contribution in [-0.4, -0.2) is 10.2 Å². The molecule has 50 valence electrons. The smallest absolute Gasteiger partial charge is 0.121 e. The average Bonchev–Trinajstić information content (AvgIpc) is 2.05. The van der Waals surface area contributed by atoms with Crippen molar-refractivity contribution in [3.63, 3.8) is 0 Å². The van der Waals surface area contributed by atoms with Crippen LogP contribution in [0.5, 0.6) is 0 Å². The zero-order valence-electron chi connectivity index (χ0n) is 5.11. The Morgan fingerprint density at radius 2 is 2.50 bits per heavy atom. The Labute approximate surface area is 57.5 Å². The van der Waals surface area contributed by atoms with Crippen LogP contribution in [0, 0.1) is 0 Å². The van der Waals surface area contributed by atoms with Gasteiger partial charge in [-0.2, -0.15) is 5.10 Å². The minimum Gasteiger partial charge on any atom is -0.390 e. The highest BCUT2D eigenvalue weighted by atomic mass is 16.6. The lowest BCUT2D eigenvalue weighted by Gasteiger charge is -2.09. The van der Waals surface area contributed by atoms with Crippen molar-refractivity contribution >= 4 is 11.8 Å². The Morgan fingerprint density at radius 3 is 3.40 bits per heavy atom. The topological polar surface area (TPSA) is 47.0 Å². The highest BCUT2D eigenvalue weighted by Crippen LogP contribution is 2.15. The van der Waals surface area contributed by atoms with Crippen molar-refractivity contribution in [2.45, 2.75) is 0 Å². The maximum absolute atomic E-state index is 4.80. The van der Waals surface area contributed by atoms with Gasteiger partial charge >= 0.3 is 0 Å². The molecule has 1 aromatic rings. The third-order valence-electron chi connectivity index (χ3n) is 1.21. The second kappa shape index (κ2) is 1.98. The number of hydrogen-bond acceptors (Lipinski definition) is 4. The molecule has 0 saturated heterocycles. The van der Waals surface area contributed by atoms with Gasteiger partial charge in [-0.1, -0.05) is 0 Å². The molecule has 1 aliphatic rings. The fourth-order valence-corrected chi connectivity index (χ4v) is 0.748. The predicted octanol–water partition coefficient (Wildman–Crippen LogP) is 0.804. The van der Waals surface area contributed by atoms with E-state index in [-0.39, 0.29) is 0 Å². The van der Waals surface area contributed by atoms with Crippen LogP contribution in [0.15, 0.2) is 18.5 Å². The largest absolute Gasteiger partial charge is 0.390 e. The lowest BCUT2D eigenvalue weighted by molar-refractivity contribution is 0.328. The Balaban J connectivity index is 2.54. The molecule has 1 aliphatic heterocycles. The third-order valence-corrected chi connectivity index (χ3v) is 1.21. The number of rotatable bonds is 0. The van der Waals surface area contributed by atoms with Gasteiger partial charge in [0.05, 0.1) is 6.20 Å². The van der Waals surface area contributed by atoms with Crippen LogP contribution in [0.2, 0.25) is 0 Å². The molecule has 0 radical (unpaired) electrons. The maximum Gasteiger partial charge on any atom is 0.121 e. The van der Waals surface area contributed by atoms with E-state index in [4.69, 9.17) is 4.84 Å². The molecule has 10 heavy (non-hydrogen) atoms. The molecular weight excluding hydrogens is 130 g/mol. The Morgan fingerprint density at radius 1 is 1.50 bits per heavy atom. The van der Waals surface area contributed by atoms with Crippen molar-refractivity contribution in [3.8, 4) is 0 Å². The van der Waals surface area contributed by atoms with Gasteiger partial charge < -0.3 is 4.84 Å². The van der Waals surface area contributed by atoms with Gasteiger partial charge in [0.25, 0.3) is 0 Å². The molecule has 0 aromatic carbocycles. The lowest BCUT2D eigenvalue weighted by Crippen LogP contribution is -2.03. The summed E-state index contributed by atoms with van der Waals surface area (Å²) in [6.45, 7) is 0. The molecule has 0 fully saturated rings. The average molecular weight is 135 g/mol. The number of nitrogens with zero attached hydrogens (tertiary/aromatic N) is 2. The summed E-state index contributed by atoms with van der Waals surface area (Å²) in [5.74, 6) is 0. The SMILES string of the molecule is C1=Cc2nnccc2NO1. The van der Waals surface area contributed by atoms with Gasteiger partial charge in [-0.05, 0) is 6.07 Å². The lowest BCUT2D eigenvalue weighted by atomic mass is 10.3. The normalized spacial score (nSPS) is 13.2. The molecule has 1 N–H and O–H groups in total. The first-order valence-corrected chi connectivity index (χ1v) is 2.87. The van der Waals surface area contributed by atoms with Crippen LogP contribution >= 0.6 is 0 Å². The Bertz CT molecular complexity index is 271. The van der Waals surface area contributed by atoms with Crippen molar-refractivity contribution in [1.29, 1.82) is 0 Å². The molecule has 2 rings (SSSR count). The van der Waals surface area contributed by atoms with Gasteiger partial charge in [0.1, 0.15) is 17.6 Å². The van der Waals surface area contributed by atoms with E-state index in [1.807, 2.05) is 0 Å². The monoisotopic (exact) mass is 135 g/mol. The highest BCUT2D eigenvalue weighted by Gasteiger charge is 2.03. The molecule has 0 bridgehead atoms. The molecule has 0 unspecified atom stereocenters. The number of fused-ring (bicyclic) bond motifs is 1. The second-order valence-corrected chi connectivity index (χ2v) is 1.85. The van der Waals surface area contributed by atoms with E-state index >= 15 is 0 Å². The number of nitrogens with one attached hydrogen (secondary N) is 1. The predicted molar refractivity (Wildman–Crippen MR) is 35.8 cm³/mol. The Hall–Kier alpha value is -1.58. The van der Waals surface area contributed by atoms with Crippen LogP contribution in [0.1, 0.15) is 5.69 Å². The zero-order valence-corrected chi connectivity index (χ0v) is 5.11. The van der Waals surface area contributed by atoms with E-state index in [2.05, 4.69) is 15.7 Å². The third kappa shape index (κ3) is 0.699. The van der Waals surface area contributed by atoms with E-state index in [1.165, 1.54) is 6.26 Å². The first-order valence-electron chi connectivity index (χ1n) is 2.87. The van der Waals surface area contributed by atoms with Crippen molar-refractivity contribution in [1.82, 2.24) is 10.2 Å². The van der Waals surface area contributed by atoms with Gasteiger partial charge in [-0.15, -0.1) is 5.10 Å². The van der Waals surface area contributed by atoms with Gasteiger partial charge in [0.2, 0.25) is 0 Å². The van der Waals surface area contributed by atoms with Crippen molar-refractivity contribution < 1.29 is 4.84 Å². The number of anilines is 1. The minimum atomic E-state index is 0.800. The molecule has 0 atom stereocenters. The van der Waals surface area contributed by atoms with E-state index < -0.39 is 0 Å². The van der Waals surface area contributed by atoms with E-state index in [0.29, 0.717) is 0 Å². The molecule has 0 spiro atoms. The molecule has 0 saturated carbocycles. The fraction of sp³-hybridized carbons (Fsp3) is 0. The summed E-state index contributed by atoms with van der Waals surface area (Å²) >= 11 is 0. The van der Waals surface area contributed by atoms with Crippen molar-refractivity contribution in [2.75, 3.05) is 5.48 Å². The summed E-state index contributed by atoms with van der Waals surface area (Å²) in [6.07, 6.45) is 4.88. The fourth-order valence-electron chi connectivity index (χ4n) is 0.748. The van der Waals surface area contributed by atoms with Gasteiger partial charge in [0, 0.05) is 6.08 Å². The molecule has 0 amide bonds. The van der Waals surface area contributed by atoms with Crippen LogP contribution in [0.3, 0.4) is 0 Å². The van der Waals surface area contributed by atoms with Crippen LogP contribution in [0.4, 0.5) is 5.69 Å². The zero-order chi connectivity index (χ0) is 6.81. The van der Waals surface area contributed by atoms with Crippen LogP contribution in [-0.2, 0) is 4.84 Å². The summed E-state index contributed by atoms with van der Waals surface area (Å²) in [7, 11) is 0. The summed E-state index contributed by atoms with van der Waals surface area (Å²) in [6, 6.07) is 1.80. The summed E-state index contributed by atoms with van der Waals surface area (Å²) in [4.78, 5) is 4.80. The van der Waals surface area contributed by atoms with E-state index in [1.54, 1.807) is 18.3 Å². The summed E-state index contributed by atoms with van der Waals surface area (Å²) in [5, 5.41) is 7.54. The first-order chi connectivity index (χ1) is 4.97. The molecule has 4 heteroatoms. The molecule has 2 heterocycles. The Kier molecular flexibility index (Phi) is 1.04. The summed E-state index contributed by atoms with van der Waals surface area (Å²) in [5.41, 5.74) is 4.32. The molecule has 1 aromatic heterocycles. The molecule has 4 nitrogen and oxygen atoms in total. The first kappa shape index (κ1) is 5.22. The molecule has 0 aliphatic carbocycles. The quantitative estimate of drug-likeness (QED) is 0.571. The van der Waals surface area contributed by atoms with E-state index in [9.17, 15) is 0 Å². The van der Waals surface area contributed by atoms with Crippen molar-refractivity contribution in [2.24, 2.45) is 0 Å². The second-order valence-electron chi connectivity index (χ2n) is 1.85. The highest BCUT2D eigenvalue weighted by molar-refractivity contribution is 5.62.